The molecular weight excluding hydrogens is 442 g/mol. The predicted octanol–water partition coefficient (Wildman–Crippen LogP) is 5.15. The Morgan fingerprint density at radius 2 is 2.06 bits per heavy atom. The van der Waals surface area contributed by atoms with Crippen LogP contribution < -0.4 is 0 Å². The van der Waals surface area contributed by atoms with Gasteiger partial charge >= 0.3 is 0 Å². The van der Waals surface area contributed by atoms with Crippen molar-refractivity contribution in [2.45, 2.75) is 43.7 Å². The van der Waals surface area contributed by atoms with Crippen LogP contribution in [0.3, 0.4) is 0 Å². The topological polar surface area (TPSA) is 85.0 Å². The maximum atomic E-state index is 13.1. The maximum absolute atomic E-state index is 13.1. The van der Waals surface area contributed by atoms with Gasteiger partial charge in [-0.25, -0.2) is 9.97 Å². The molecule has 1 aliphatic carbocycles. The Morgan fingerprint density at radius 1 is 1.19 bits per heavy atom. The van der Waals surface area contributed by atoms with Crippen LogP contribution in [0.4, 0.5) is 0 Å². The quantitative estimate of drug-likeness (QED) is 0.250. The highest BCUT2D eigenvalue weighted by molar-refractivity contribution is 8.00. The number of thioether (sulfide) groups is 1. The van der Waals surface area contributed by atoms with Crippen LogP contribution in [0.2, 0.25) is 0 Å². The third-order valence-electron chi connectivity index (χ3n) is 5.23. The Bertz CT molecular complexity index is 1220. The number of para-hydroxylation sites is 1. The van der Waals surface area contributed by atoms with Gasteiger partial charge in [0.1, 0.15) is 10.9 Å². The minimum Gasteiger partial charge on any atom is -0.418 e. The van der Waals surface area contributed by atoms with Crippen LogP contribution in [0.25, 0.3) is 21.7 Å². The third-order valence-corrected chi connectivity index (χ3v) is 7.07. The molecule has 0 atom stereocenters. The molecule has 1 aromatic carbocycles. The van der Waals surface area contributed by atoms with Crippen LogP contribution in [-0.2, 0) is 11.3 Å². The second-order valence-electron chi connectivity index (χ2n) is 7.76. The SMILES string of the molecule is CCCN(Cc1nnc(-c2cccs2)o1)C(=O)CSc1nc(C2CC2)nc2ccccc12. The smallest absolute Gasteiger partial charge is 0.257 e. The molecule has 5 rings (SSSR count). The number of aromatic nitrogens is 4. The molecule has 4 aromatic rings. The Hall–Kier alpha value is -2.78. The second-order valence-corrected chi connectivity index (χ2v) is 9.67. The molecule has 0 saturated heterocycles. The summed E-state index contributed by atoms with van der Waals surface area (Å²) in [5, 5.41) is 12.1. The predicted molar refractivity (Wildman–Crippen MR) is 126 cm³/mol. The fourth-order valence-electron chi connectivity index (χ4n) is 3.46. The summed E-state index contributed by atoms with van der Waals surface area (Å²) < 4.78 is 5.79. The maximum Gasteiger partial charge on any atom is 0.257 e. The van der Waals surface area contributed by atoms with E-state index in [4.69, 9.17) is 14.4 Å². The average molecular weight is 466 g/mol. The first-order chi connectivity index (χ1) is 15.7. The van der Waals surface area contributed by atoms with E-state index in [2.05, 4.69) is 17.1 Å². The van der Waals surface area contributed by atoms with Gasteiger partial charge in [0.2, 0.25) is 11.8 Å². The largest absolute Gasteiger partial charge is 0.418 e. The molecule has 0 spiro atoms. The third kappa shape index (κ3) is 4.68. The van der Waals surface area contributed by atoms with Crippen molar-refractivity contribution < 1.29 is 9.21 Å². The fourth-order valence-corrected chi connectivity index (χ4v) is 5.04. The van der Waals surface area contributed by atoms with Gasteiger partial charge in [0.25, 0.3) is 5.89 Å². The lowest BCUT2D eigenvalue weighted by Gasteiger charge is -2.20. The van der Waals surface area contributed by atoms with Crippen molar-refractivity contribution in [1.82, 2.24) is 25.1 Å². The van der Waals surface area contributed by atoms with E-state index < -0.39 is 0 Å². The first kappa shape index (κ1) is 21.1. The number of hydrogen-bond donors (Lipinski definition) is 0. The van der Waals surface area contributed by atoms with Crippen molar-refractivity contribution in [1.29, 1.82) is 0 Å². The number of hydrogen-bond acceptors (Lipinski definition) is 8. The number of carbonyl (C=O) groups excluding carboxylic acids is 1. The monoisotopic (exact) mass is 465 g/mol. The molecule has 3 heterocycles. The van der Waals surface area contributed by atoms with Gasteiger partial charge in [-0.3, -0.25) is 4.79 Å². The molecule has 0 bridgehead atoms. The van der Waals surface area contributed by atoms with Gasteiger partial charge in [-0.2, -0.15) is 0 Å². The number of carbonyl (C=O) groups is 1. The Kier molecular flexibility index (Phi) is 6.18. The van der Waals surface area contributed by atoms with Crippen molar-refractivity contribution in [3.63, 3.8) is 0 Å². The van der Waals surface area contributed by atoms with Crippen molar-refractivity contribution in [2.24, 2.45) is 0 Å². The van der Waals surface area contributed by atoms with Crippen LogP contribution in [0.1, 0.15) is 43.8 Å². The van der Waals surface area contributed by atoms with E-state index in [1.54, 1.807) is 16.2 Å². The van der Waals surface area contributed by atoms with Gasteiger partial charge in [0.15, 0.2) is 0 Å². The molecule has 7 nitrogen and oxygen atoms in total. The van der Waals surface area contributed by atoms with Crippen molar-refractivity contribution in [2.75, 3.05) is 12.3 Å². The van der Waals surface area contributed by atoms with E-state index >= 15 is 0 Å². The number of benzene rings is 1. The summed E-state index contributed by atoms with van der Waals surface area (Å²) in [4.78, 5) is 25.3. The number of thiophene rings is 1. The summed E-state index contributed by atoms with van der Waals surface area (Å²) in [7, 11) is 0. The highest BCUT2D eigenvalue weighted by Gasteiger charge is 2.28. The summed E-state index contributed by atoms with van der Waals surface area (Å²) in [6.45, 7) is 3.00. The zero-order valence-corrected chi connectivity index (χ0v) is 19.4. The molecule has 1 amide bonds. The molecule has 1 aliphatic rings. The highest BCUT2D eigenvalue weighted by atomic mass is 32.2. The van der Waals surface area contributed by atoms with Crippen LogP contribution in [0, 0.1) is 0 Å². The molecule has 9 heteroatoms. The van der Waals surface area contributed by atoms with E-state index in [0.717, 1.165) is 45.9 Å². The Balaban J connectivity index is 1.30. The summed E-state index contributed by atoms with van der Waals surface area (Å²) in [5.41, 5.74) is 0.941. The molecule has 1 saturated carbocycles. The van der Waals surface area contributed by atoms with Crippen molar-refractivity contribution in [3.05, 3.63) is 53.5 Å². The lowest BCUT2D eigenvalue weighted by Crippen LogP contribution is -2.32. The van der Waals surface area contributed by atoms with E-state index in [1.807, 2.05) is 41.8 Å². The Labute approximate surface area is 194 Å². The van der Waals surface area contributed by atoms with Crippen molar-refractivity contribution >= 4 is 39.9 Å². The molecule has 1 fully saturated rings. The van der Waals surface area contributed by atoms with Crippen LogP contribution in [0.15, 0.2) is 51.2 Å². The molecule has 3 aromatic heterocycles. The minimum atomic E-state index is 0.0309. The van der Waals surface area contributed by atoms with Crippen LogP contribution in [0.5, 0.6) is 0 Å². The average Bonchev–Trinajstić information content (AvgIpc) is 3.31. The van der Waals surface area contributed by atoms with Gasteiger partial charge in [0.05, 0.1) is 22.7 Å². The molecule has 32 heavy (non-hydrogen) atoms. The zero-order valence-electron chi connectivity index (χ0n) is 17.7. The summed E-state index contributed by atoms with van der Waals surface area (Å²) in [5.74, 6) is 2.63. The van der Waals surface area contributed by atoms with Gasteiger partial charge < -0.3 is 9.32 Å². The number of nitrogens with zero attached hydrogens (tertiary/aromatic N) is 5. The van der Waals surface area contributed by atoms with E-state index in [0.29, 0.717) is 36.5 Å². The lowest BCUT2D eigenvalue weighted by atomic mass is 10.2. The van der Waals surface area contributed by atoms with E-state index in [1.165, 1.54) is 11.8 Å². The molecule has 0 unspecified atom stereocenters. The summed E-state index contributed by atoms with van der Waals surface area (Å²) >= 11 is 3.02. The molecule has 0 aliphatic heterocycles. The number of fused-ring (bicyclic) bond motifs is 1. The summed E-state index contributed by atoms with van der Waals surface area (Å²) in [6.07, 6.45) is 3.14. The van der Waals surface area contributed by atoms with Gasteiger partial charge in [0, 0.05) is 17.8 Å². The zero-order chi connectivity index (χ0) is 21.9. The number of rotatable bonds is 9. The normalized spacial score (nSPS) is 13.5. The van der Waals surface area contributed by atoms with Crippen LogP contribution in [-0.4, -0.2) is 43.3 Å². The molecule has 164 valence electrons. The minimum absolute atomic E-state index is 0.0309. The summed E-state index contributed by atoms with van der Waals surface area (Å²) in [6, 6.07) is 11.9. The fraction of sp³-hybridized carbons (Fsp3) is 0.348. The standard InChI is InChI=1S/C23H23N5O2S2/c1-2-11-28(13-19-26-27-22(30-19)18-8-5-12-31-18)20(29)14-32-23-16-6-3-4-7-17(16)24-21(25-23)15-9-10-15/h3-8,12,15H,2,9-11,13-14H2,1H3. The first-order valence-electron chi connectivity index (χ1n) is 10.7. The van der Waals surface area contributed by atoms with Gasteiger partial charge in [-0.1, -0.05) is 43.0 Å². The van der Waals surface area contributed by atoms with E-state index in [9.17, 15) is 4.79 Å². The highest BCUT2D eigenvalue weighted by Crippen LogP contribution is 2.39. The second kappa shape index (κ2) is 9.38. The Morgan fingerprint density at radius 3 is 2.84 bits per heavy atom. The van der Waals surface area contributed by atoms with Gasteiger partial charge in [-0.05, 0) is 36.8 Å². The first-order valence-corrected chi connectivity index (χ1v) is 12.6. The van der Waals surface area contributed by atoms with Gasteiger partial charge in [-0.15, -0.1) is 21.5 Å². The molecular formula is C23H23N5O2S2. The van der Waals surface area contributed by atoms with Crippen LogP contribution >= 0.6 is 23.1 Å². The van der Waals surface area contributed by atoms with E-state index in [-0.39, 0.29) is 5.91 Å². The number of amides is 1. The molecule has 0 radical (unpaired) electrons. The lowest BCUT2D eigenvalue weighted by molar-refractivity contribution is -0.129. The molecule has 0 N–H and O–H groups in total. The van der Waals surface area contributed by atoms with Crippen molar-refractivity contribution in [3.8, 4) is 10.8 Å².